The zero-order chi connectivity index (χ0) is 23.5. The van der Waals surface area contributed by atoms with Gasteiger partial charge in [-0.3, -0.25) is 4.79 Å². The topological polar surface area (TPSA) is 65.5 Å². The van der Waals surface area contributed by atoms with E-state index in [1.54, 1.807) is 6.92 Å². The van der Waals surface area contributed by atoms with Crippen LogP contribution in [0.5, 0.6) is 0 Å². The van der Waals surface area contributed by atoms with Crippen LogP contribution in [0.1, 0.15) is 69.1 Å². The van der Waals surface area contributed by atoms with Crippen molar-refractivity contribution in [2.75, 3.05) is 6.54 Å². The summed E-state index contributed by atoms with van der Waals surface area (Å²) in [5.74, 6) is 1.10. The number of rotatable bonds is 4. The van der Waals surface area contributed by atoms with Gasteiger partial charge in [0, 0.05) is 23.6 Å². The van der Waals surface area contributed by atoms with Gasteiger partial charge in [0.2, 0.25) is 0 Å². The number of carbonyl (C=O) groups is 1. The van der Waals surface area contributed by atoms with E-state index < -0.39 is 0 Å². The molecule has 0 saturated carbocycles. The molecule has 5 heteroatoms. The van der Waals surface area contributed by atoms with Gasteiger partial charge in [0.1, 0.15) is 5.84 Å². The maximum absolute atomic E-state index is 11.7. The number of fused-ring (bicyclic) bond motifs is 1. The minimum absolute atomic E-state index is 0.0365. The highest BCUT2D eigenvalue weighted by Gasteiger charge is 2.29. The van der Waals surface area contributed by atoms with Crippen molar-refractivity contribution in [2.24, 2.45) is 10.9 Å². The van der Waals surface area contributed by atoms with E-state index >= 15 is 0 Å². The lowest BCUT2D eigenvalue weighted by Gasteiger charge is -2.34. The maximum Gasteiger partial charge on any atom is 0.159 e. The van der Waals surface area contributed by atoms with Crippen LogP contribution in [0.25, 0.3) is 0 Å². The highest BCUT2D eigenvalue weighted by Crippen LogP contribution is 2.33. The van der Waals surface area contributed by atoms with E-state index in [1.807, 2.05) is 64.2 Å². The standard InChI is InChI=1S/C23H24N4O.2C2H6/c1-15(17-10-12-24-13-11-17)22-20-8-3-4-9-21(20)23(27-26-22)25-19-7-5-6-18(14-19)16(2)28;2*1-2/h3-12,14-15,22,24,26H,13H2,1-2H3,(H,25,27);2*1-2H3. The molecule has 0 bridgehead atoms. The Kier molecular flexibility index (Phi) is 9.89. The molecule has 2 atom stereocenters. The Morgan fingerprint density at radius 2 is 1.81 bits per heavy atom. The number of aliphatic imine (C=N–C) groups is 1. The number of ketones is 1. The number of benzene rings is 2. The van der Waals surface area contributed by atoms with E-state index in [1.165, 1.54) is 11.1 Å². The van der Waals surface area contributed by atoms with Crippen LogP contribution in [0.3, 0.4) is 0 Å². The third kappa shape index (κ3) is 5.95. The number of nitrogens with one attached hydrogen (secondary N) is 3. The summed E-state index contributed by atoms with van der Waals surface area (Å²) in [5, 5.41) is 3.20. The Labute approximate surface area is 192 Å². The van der Waals surface area contributed by atoms with Gasteiger partial charge in [-0.15, -0.1) is 0 Å². The Hall–Kier alpha value is -3.18. The van der Waals surface area contributed by atoms with Crippen molar-refractivity contribution in [2.45, 2.75) is 47.6 Å². The molecule has 2 heterocycles. The second-order valence-electron chi connectivity index (χ2n) is 7.14. The fourth-order valence-corrected chi connectivity index (χ4v) is 3.68. The number of allylic oxidation sites excluding steroid dienone is 1. The molecule has 0 aliphatic carbocycles. The van der Waals surface area contributed by atoms with Crippen molar-refractivity contribution in [1.82, 2.24) is 16.2 Å². The molecule has 5 nitrogen and oxygen atoms in total. The lowest BCUT2D eigenvalue weighted by molar-refractivity contribution is 0.101. The molecule has 2 aromatic carbocycles. The van der Waals surface area contributed by atoms with Crippen LogP contribution in [-0.4, -0.2) is 18.2 Å². The van der Waals surface area contributed by atoms with Crippen molar-refractivity contribution in [1.29, 1.82) is 0 Å². The number of Topliss-reactive ketones (excluding diaryl/α,β-unsaturated/α-hetero) is 1. The Morgan fingerprint density at radius 1 is 1.06 bits per heavy atom. The summed E-state index contributed by atoms with van der Waals surface area (Å²) in [6.45, 7) is 12.7. The molecule has 0 spiro atoms. The molecule has 0 aromatic heterocycles. The van der Waals surface area contributed by atoms with E-state index in [2.05, 4.69) is 53.4 Å². The number of dihydropyridines is 1. The SMILES string of the molecule is CC.CC.CC(=O)c1cccc(N=C2NNC(C(C)C3=CCNC=C3)c3ccccc32)c1. The van der Waals surface area contributed by atoms with Crippen LogP contribution < -0.4 is 16.2 Å². The number of hydrogen-bond acceptors (Lipinski definition) is 4. The smallest absolute Gasteiger partial charge is 0.159 e. The van der Waals surface area contributed by atoms with Gasteiger partial charge in [-0.2, -0.15) is 0 Å². The quantitative estimate of drug-likeness (QED) is 0.530. The third-order valence-electron chi connectivity index (χ3n) is 5.27. The molecule has 2 aliphatic heterocycles. The van der Waals surface area contributed by atoms with E-state index in [9.17, 15) is 4.79 Å². The molecule has 4 rings (SSSR count). The highest BCUT2D eigenvalue weighted by atomic mass is 16.1. The summed E-state index contributed by atoms with van der Waals surface area (Å²) < 4.78 is 0. The predicted octanol–water partition coefficient (Wildman–Crippen LogP) is 5.85. The number of hydrogen-bond donors (Lipinski definition) is 3. The van der Waals surface area contributed by atoms with Crippen molar-refractivity contribution < 1.29 is 4.79 Å². The summed E-state index contributed by atoms with van der Waals surface area (Å²) in [6.07, 6.45) is 6.37. The van der Waals surface area contributed by atoms with E-state index in [0.29, 0.717) is 11.5 Å². The normalized spacial score (nSPS) is 18.4. The summed E-state index contributed by atoms with van der Waals surface area (Å²) in [5.41, 5.74) is 11.7. The van der Waals surface area contributed by atoms with Crippen LogP contribution in [0.15, 0.2) is 77.4 Å². The first kappa shape index (κ1) is 25.1. The van der Waals surface area contributed by atoms with Gasteiger partial charge in [-0.25, -0.2) is 10.4 Å². The second-order valence-corrected chi connectivity index (χ2v) is 7.14. The molecule has 0 radical (unpaired) electrons. The molecule has 0 saturated heterocycles. The van der Waals surface area contributed by atoms with Crippen LogP contribution in [0, 0.1) is 5.92 Å². The molecule has 0 amide bonds. The molecule has 2 unspecified atom stereocenters. The van der Waals surface area contributed by atoms with Crippen LogP contribution in [0.2, 0.25) is 0 Å². The monoisotopic (exact) mass is 432 g/mol. The Bertz CT molecular complexity index is 991. The number of nitrogens with zero attached hydrogens (tertiary/aromatic N) is 1. The fraction of sp³-hybridized carbons (Fsp3) is 0.333. The molecule has 170 valence electrons. The fourth-order valence-electron chi connectivity index (χ4n) is 3.68. The first-order valence-electron chi connectivity index (χ1n) is 11.5. The van der Waals surface area contributed by atoms with Crippen LogP contribution in [0.4, 0.5) is 5.69 Å². The largest absolute Gasteiger partial charge is 0.387 e. The minimum atomic E-state index is 0.0365. The third-order valence-corrected chi connectivity index (χ3v) is 5.27. The van der Waals surface area contributed by atoms with Crippen molar-refractivity contribution in [3.8, 4) is 0 Å². The summed E-state index contributed by atoms with van der Waals surface area (Å²) in [7, 11) is 0. The van der Waals surface area contributed by atoms with Gasteiger partial charge in [-0.1, -0.05) is 77.1 Å². The Balaban J connectivity index is 0.000000860. The average Bonchev–Trinajstić information content (AvgIpc) is 2.87. The van der Waals surface area contributed by atoms with E-state index in [-0.39, 0.29) is 11.8 Å². The number of amidine groups is 1. The number of carbonyl (C=O) groups excluding carboxylic acids is 1. The predicted molar refractivity (Wildman–Crippen MR) is 135 cm³/mol. The summed E-state index contributed by atoms with van der Waals surface area (Å²) in [6, 6.07) is 15.9. The van der Waals surface area contributed by atoms with Gasteiger partial charge < -0.3 is 10.7 Å². The minimum Gasteiger partial charge on any atom is -0.387 e. The van der Waals surface area contributed by atoms with Crippen molar-refractivity contribution in [3.63, 3.8) is 0 Å². The van der Waals surface area contributed by atoms with Gasteiger partial charge in [0.15, 0.2) is 5.78 Å². The lowest BCUT2D eigenvalue weighted by Crippen LogP contribution is -2.48. The zero-order valence-corrected chi connectivity index (χ0v) is 20.1. The molecule has 2 aromatic rings. The Morgan fingerprint density at radius 3 is 2.50 bits per heavy atom. The second kappa shape index (κ2) is 12.6. The summed E-state index contributed by atoms with van der Waals surface area (Å²) in [4.78, 5) is 16.4. The van der Waals surface area contributed by atoms with Gasteiger partial charge in [0.05, 0.1) is 11.7 Å². The van der Waals surface area contributed by atoms with Crippen molar-refractivity contribution in [3.05, 3.63) is 89.1 Å². The van der Waals surface area contributed by atoms with Gasteiger partial charge in [-0.05, 0) is 42.5 Å². The zero-order valence-electron chi connectivity index (χ0n) is 20.1. The molecule has 0 fully saturated rings. The lowest BCUT2D eigenvalue weighted by atomic mass is 9.84. The molecular formula is C27H36N4O. The summed E-state index contributed by atoms with van der Waals surface area (Å²) >= 11 is 0. The average molecular weight is 433 g/mol. The molecule has 32 heavy (non-hydrogen) atoms. The van der Waals surface area contributed by atoms with E-state index in [4.69, 9.17) is 4.99 Å². The van der Waals surface area contributed by atoms with Crippen LogP contribution >= 0.6 is 0 Å². The molecule has 3 N–H and O–H groups in total. The molecule has 2 aliphatic rings. The van der Waals surface area contributed by atoms with E-state index in [0.717, 1.165) is 23.6 Å². The van der Waals surface area contributed by atoms with Gasteiger partial charge >= 0.3 is 0 Å². The van der Waals surface area contributed by atoms with Crippen molar-refractivity contribution >= 4 is 17.3 Å². The van der Waals surface area contributed by atoms with Crippen LogP contribution in [-0.2, 0) is 0 Å². The first-order valence-corrected chi connectivity index (χ1v) is 11.5. The first-order chi connectivity index (χ1) is 15.6. The molecular weight excluding hydrogens is 396 g/mol. The maximum atomic E-state index is 11.7. The highest BCUT2D eigenvalue weighted by molar-refractivity contribution is 6.02. The van der Waals surface area contributed by atoms with Gasteiger partial charge in [0.25, 0.3) is 0 Å². The number of hydrazine groups is 1.